The average Bonchev–Trinajstić information content (AvgIpc) is 2.79. The van der Waals surface area contributed by atoms with Crippen LogP contribution in [0.1, 0.15) is 31.0 Å². The lowest BCUT2D eigenvalue weighted by molar-refractivity contribution is 0.239. The van der Waals surface area contributed by atoms with Gasteiger partial charge >= 0.3 is 0 Å². The second kappa shape index (κ2) is 5.93. The zero-order valence-electron chi connectivity index (χ0n) is 10.6. The Hall–Kier alpha value is -1.46. The summed E-state index contributed by atoms with van der Waals surface area (Å²) in [5, 5.41) is 12.5. The van der Waals surface area contributed by atoms with E-state index in [0.29, 0.717) is 13.0 Å². The van der Waals surface area contributed by atoms with E-state index in [1.807, 2.05) is 6.08 Å². The Bertz CT molecular complexity index is 493. The fourth-order valence-corrected chi connectivity index (χ4v) is 2.23. The summed E-state index contributed by atoms with van der Waals surface area (Å²) in [5.41, 5.74) is 2.52. The molecule has 5 heteroatoms. The molecule has 0 bridgehead atoms. The van der Waals surface area contributed by atoms with E-state index in [4.69, 9.17) is 0 Å². The molecule has 0 spiro atoms. The normalized spacial score (nSPS) is 15.3. The first-order valence-electron chi connectivity index (χ1n) is 6.36. The van der Waals surface area contributed by atoms with Crippen LogP contribution in [0.4, 0.5) is 0 Å². The summed E-state index contributed by atoms with van der Waals surface area (Å²) < 4.78 is 0. The molecule has 5 nitrogen and oxygen atoms in total. The lowest BCUT2D eigenvalue weighted by atomic mass is 10.1. The van der Waals surface area contributed by atoms with Crippen LogP contribution in [0, 0.1) is 0 Å². The fourth-order valence-electron chi connectivity index (χ4n) is 2.23. The zero-order valence-corrected chi connectivity index (χ0v) is 10.6. The maximum absolute atomic E-state index is 11.6. The van der Waals surface area contributed by atoms with Gasteiger partial charge in [-0.05, 0) is 18.4 Å². The third-order valence-corrected chi connectivity index (χ3v) is 3.24. The number of H-pyrrole nitrogens is 1. The van der Waals surface area contributed by atoms with Gasteiger partial charge < -0.3 is 15.4 Å². The number of aliphatic hydroxyl groups excluding tert-OH is 1. The van der Waals surface area contributed by atoms with E-state index < -0.39 is 0 Å². The Morgan fingerprint density at radius 1 is 1.61 bits per heavy atom. The molecule has 0 aliphatic heterocycles. The van der Waals surface area contributed by atoms with Crippen molar-refractivity contribution >= 4 is 5.57 Å². The van der Waals surface area contributed by atoms with Crippen molar-refractivity contribution in [3.8, 4) is 0 Å². The minimum atomic E-state index is -0.0569. The van der Waals surface area contributed by atoms with Crippen LogP contribution in [0.3, 0.4) is 0 Å². The Labute approximate surface area is 106 Å². The SMILES string of the molecule is CCC[C@H](CO)NCC1=CCc2c1nc[nH]c2=O. The van der Waals surface area contributed by atoms with E-state index in [9.17, 15) is 9.90 Å². The number of aromatic nitrogens is 2. The van der Waals surface area contributed by atoms with E-state index in [-0.39, 0.29) is 18.2 Å². The first-order valence-corrected chi connectivity index (χ1v) is 6.36. The van der Waals surface area contributed by atoms with Crippen LogP contribution in [-0.2, 0) is 6.42 Å². The highest BCUT2D eigenvalue weighted by Gasteiger charge is 2.18. The van der Waals surface area contributed by atoms with Gasteiger partial charge in [-0.25, -0.2) is 4.98 Å². The average molecular weight is 249 g/mol. The number of nitrogens with one attached hydrogen (secondary N) is 2. The topological polar surface area (TPSA) is 78.0 Å². The molecule has 1 heterocycles. The number of fused-ring (bicyclic) bond motifs is 1. The van der Waals surface area contributed by atoms with Gasteiger partial charge in [0, 0.05) is 18.2 Å². The van der Waals surface area contributed by atoms with E-state index in [1.165, 1.54) is 6.33 Å². The summed E-state index contributed by atoms with van der Waals surface area (Å²) in [5.74, 6) is 0. The van der Waals surface area contributed by atoms with Crippen LogP contribution in [0.5, 0.6) is 0 Å². The molecular weight excluding hydrogens is 230 g/mol. The minimum absolute atomic E-state index is 0.0569. The van der Waals surface area contributed by atoms with Gasteiger partial charge in [0.05, 0.1) is 18.6 Å². The van der Waals surface area contributed by atoms with Crippen molar-refractivity contribution in [3.05, 3.63) is 34.0 Å². The highest BCUT2D eigenvalue weighted by atomic mass is 16.3. The molecule has 3 N–H and O–H groups in total. The van der Waals surface area contributed by atoms with Crippen molar-refractivity contribution in [1.82, 2.24) is 15.3 Å². The number of hydrogen-bond acceptors (Lipinski definition) is 4. The highest BCUT2D eigenvalue weighted by molar-refractivity contribution is 5.70. The second-order valence-corrected chi connectivity index (χ2v) is 4.54. The first-order chi connectivity index (χ1) is 8.76. The molecule has 0 amide bonds. The van der Waals surface area contributed by atoms with Crippen molar-refractivity contribution in [3.63, 3.8) is 0 Å². The molecule has 1 aromatic heterocycles. The summed E-state index contributed by atoms with van der Waals surface area (Å²) in [7, 11) is 0. The molecule has 1 aromatic rings. The van der Waals surface area contributed by atoms with Crippen LogP contribution in [0.2, 0.25) is 0 Å². The predicted octanol–water partition coefficient (Wildman–Crippen LogP) is 0.460. The first kappa shape index (κ1) is 13.0. The highest BCUT2D eigenvalue weighted by Crippen LogP contribution is 2.21. The van der Waals surface area contributed by atoms with Crippen molar-refractivity contribution in [2.75, 3.05) is 13.2 Å². The summed E-state index contributed by atoms with van der Waals surface area (Å²) >= 11 is 0. The molecule has 0 unspecified atom stereocenters. The lowest BCUT2D eigenvalue weighted by Gasteiger charge is -2.15. The zero-order chi connectivity index (χ0) is 13.0. The van der Waals surface area contributed by atoms with E-state index in [2.05, 4.69) is 22.2 Å². The maximum Gasteiger partial charge on any atom is 0.254 e. The van der Waals surface area contributed by atoms with Crippen molar-refractivity contribution < 1.29 is 5.11 Å². The second-order valence-electron chi connectivity index (χ2n) is 4.54. The summed E-state index contributed by atoms with van der Waals surface area (Å²) in [6.07, 6.45) is 6.09. The molecule has 18 heavy (non-hydrogen) atoms. The van der Waals surface area contributed by atoms with Gasteiger partial charge in [0.15, 0.2) is 0 Å². The van der Waals surface area contributed by atoms with Gasteiger partial charge in [0.25, 0.3) is 5.56 Å². The number of hydrogen-bond donors (Lipinski definition) is 3. The predicted molar refractivity (Wildman–Crippen MR) is 70.3 cm³/mol. The van der Waals surface area contributed by atoms with E-state index in [0.717, 1.165) is 29.7 Å². The van der Waals surface area contributed by atoms with Gasteiger partial charge in [-0.1, -0.05) is 19.4 Å². The number of rotatable bonds is 6. The standard InChI is InChI=1S/C13H19N3O2/c1-2-3-10(7-17)14-6-9-4-5-11-12(9)15-8-16-13(11)18/h4,8,10,14,17H,2-3,5-7H2,1H3,(H,15,16,18)/t10-/m1/s1. The lowest BCUT2D eigenvalue weighted by Crippen LogP contribution is -2.33. The van der Waals surface area contributed by atoms with Crippen molar-refractivity contribution in [2.24, 2.45) is 0 Å². The van der Waals surface area contributed by atoms with Crippen LogP contribution in [0.15, 0.2) is 17.2 Å². The third-order valence-electron chi connectivity index (χ3n) is 3.24. The van der Waals surface area contributed by atoms with Gasteiger partial charge in [-0.3, -0.25) is 4.79 Å². The molecule has 0 saturated heterocycles. The number of aliphatic hydroxyl groups is 1. The van der Waals surface area contributed by atoms with Gasteiger partial charge in [-0.15, -0.1) is 0 Å². The van der Waals surface area contributed by atoms with Crippen molar-refractivity contribution in [2.45, 2.75) is 32.2 Å². The molecular formula is C13H19N3O2. The number of nitrogens with zero attached hydrogens (tertiary/aromatic N) is 1. The van der Waals surface area contributed by atoms with Crippen molar-refractivity contribution in [1.29, 1.82) is 0 Å². The van der Waals surface area contributed by atoms with Crippen LogP contribution >= 0.6 is 0 Å². The molecule has 1 aliphatic rings. The van der Waals surface area contributed by atoms with Gasteiger partial charge in [0.1, 0.15) is 0 Å². The molecule has 0 fully saturated rings. The van der Waals surface area contributed by atoms with E-state index in [1.54, 1.807) is 0 Å². The summed E-state index contributed by atoms with van der Waals surface area (Å²) in [6, 6.07) is 0.113. The Balaban J connectivity index is 2.01. The molecule has 1 aliphatic carbocycles. The van der Waals surface area contributed by atoms with Crippen LogP contribution in [-0.4, -0.2) is 34.3 Å². The molecule has 1 atom stereocenters. The number of aromatic amines is 1. The van der Waals surface area contributed by atoms with Gasteiger partial charge in [0.2, 0.25) is 0 Å². The fraction of sp³-hybridized carbons (Fsp3) is 0.538. The van der Waals surface area contributed by atoms with Crippen LogP contribution in [0.25, 0.3) is 5.57 Å². The molecule has 0 radical (unpaired) electrons. The molecule has 2 rings (SSSR count). The molecule has 98 valence electrons. The Kier molecular flexibility index (Phi) is 4.28. The Morgan fingerprint density at radius 3 is 3.17 bits per heavy atom. The number of allylic oxidation sites excluding steroid dienone is 1. The Morgan fingerprint density at radius 2 is 2.44 bits per heavy atom. The summed E-state index contributed by atoms with van der Waals surface area (Å²) in [6.45, 7) is 2.88. The monoisotopic (exact) mass is 249 g/mol. The van der Waals surface area contributed by atoms with E-state index >= 15 is 0 Å². The van der Waals surface area contributed by atoms with Crippen LogP contribution < -0.4 is 10.9 Å². The van der Waals surface area contributed by atoms with Gasteiger partial charge in [-0.2, -0.15) is 0 Å². The maximum atomic E-state index is 11.6. The molecule has 0 aromatic carbocycles. The smallest absolute Gasteiger partial charge is 0.254 e. The quantitative estimate of drug-likeness (QED) is 0.684. The molecule has 0 saturated carbocycles. The third kappa shape index (κ3) is 2.68. The summed E-state index contributed by atoms with van der Waals surface area (Å²) in [4.78, 5) is 18.4. The minimum Gasteiger partial charge on any atom is -0.395 e. The largest absolute Gasteiger partial charge is 0.395 e.